The predicted octanol–water partition coefficient (Wildman–Crippen LogP) is 4.58. The van der Waals surface area contributed by atoms with Crippen LogP contribution in [0, 0.1) is 20.0 Å². The molecule has 3 aromatic rings. The van der Waals surface area contributed by atoms with Crippen molar-refractivity contribution in [1.29, 1.82) is 0 Å². The fourth-order valence-corrected chi connectivity index (χ4v) is 2.95. The zero-order valence-corrected chi connectivity index (χ0v) is 13.8. The van der Waals surface area contributed by atoms with Crippen molar-refractivity contribution in [3.63, 3.8) is 0 Å². The number of nitrogens with one attached hydrogen (secondary N) is 1. The van der Waals surface area contributed by atoms with E-state index in [1.54, 1.807) is 16.7 Å². The first-order valence-corrected chi connectivity index (χ1v) is 7.43. The number of H-pyrrole nitrogens is 1. The van der Waals surface area contributed by atoms with E-state index in [0.29, 0.717) is 30.8 Å². The Hall–Kier alpha value is -1.48. The second-order valence-electron chi connectivity index (χ2n) is 4.37. The van der Waals surface area contributed by atoms with Crippen LogP contribution in [-0.2, 0) is 0 Å². The molecular weight excluding hydrogens is 409 g/mol. The molecule has 0 aliphatic heterocycles. The van der Waals surface area contributed by atoms with Gasteiger partial charge in [0.25, 0.3) is 0 Å². The molecule has 108 valence electrons. The fraction of sp³-hybridized carbons (Fsp3) is 0.0714. The zero-order chi connectivity index (χ0) is 15.1. The summed E-state index contributed by atoms with van der Waals surface area (Å²) in [6.07, 6.45) is 0. The first-order chi connectivity index (χ1) is 10.0. The van der Waals surface area contributed by atoms with Crippen LogP contribution in [0.5, 0.6) is 5.75 Å². The van der Waals surface area contributed by atoms with Gasteiger partial charge in [-0.2, -0.15) is 0 Å². The van der Waals surface area contributed by atoms with Crippen molar-refractivity contribution in [1.82, 2.24) is 9.55 Å². The van der Waals surface area contributed by atoms with Crippen molar-refractivity contribution in [2.45, 2.75) is 0 Å². The summed E-state index contributed by atoms with van der Waals surface area (Å²) in [6, 6.07) is 7.19. The van der Waals surface area contributed by atoms with Crippen LogP contribution < -0.4 is 4.74 Å². The molecule has 0 bridgehead atoms. The highest BCUT2D eigenvalue weighted by molar-refractivity contribution is 14.1. The molecule has 0 fully saturated rings. The normalized spacial score (nSPS) is 11.0. The summed E-state index contributed by atoms with van der Waals surface area (Å²) >= 11 is 7.21. The standard InChI is InChI=1S/C14H9F2IN2OS/c1-20-13-4-7(15)2-3-11(13)19-12-5-8(16)9(17)6-10(12)18-14(19)21/h2-6H,1H3,(H,18,21). The summed E-state index contributed by atoms with van der Waals surface area (Å²) in [5, 5.41) is 0. The third kappa shape index (κ3) is 2.44. The average molecular weight is 418 g/mol. The number of rotatable bonds is 2. The van der Waals surface area contributed by atoms with Crippen molar-refractivity contribution in [2.75, 3.05) is 7.11 Å². The summed E-state index contributed by atoms with van der Waals surface area (Å²) in [5.41, 5.74) is 1.83. The van der Waals surface area contributed by atoms with Gasteiger partial charge in [0.05, 0.1) is 27.4 Å². The minimum absolute atomic E-state index is 0.325. The van der Waals surface area contributed by atoms with Crippen molar-refractivity contribution in [3.05, 3.63) is 50.3 Å². The minimum Gasteiger partial charge on any atom is -0.494 e. The maximum absolute atomic E-state index is 13.8. The summed E-state index contributed by atoms with van der Waals surface area (Å²) in [7, 11) is 1.44. The highest BCUT2D eigenvalue weighted by atomic mass is 127. The molecule has 0 atom stereocenters. The second kappa shape index (κ2) is 5.38. The van der Waals surface area contributed by atoms with Crippen LogP contribution in [-0.4, -0.2) is 16.7 Å². The largest absolute Gasteiger partial charge is 0.494 e. The highest BCUT2D eigenvalue weighted by Crippen LogP contribution is 2.29. The van der Waals surface area contributed by atoms with E-state index in [2.05, 4.69) is 4.98 Å². The summed E-state index contributed by atoms with van der Waals surface area (Å²) < 4.78 is 34.9. The number of aromatic amines is 1. The van der Waals surface area contributed by atoms with E-state index < -0.39 is 5.82 Å². The summed E-state index contributed by atoms with van der Waals surface area (Å²) in [4.78, 5) is 3.02. The van der Waals surface area contributed by atoms with Gasteiger partial charge in [-0.25, -0.2) is 8.78 Å². The van der Waals surface area contributed by atoms with Gasteiger partial charge in [0.2, 0.25) is 0 Å². The van der Waals surface area contributed by atoms with E-state index in [0.717, 1.165) is 0 Å². The topological polar surface area (TPSA) is 29.9 Å². The Kier molecular flexibility index (Phi) is 3.70. The van der Waals surface area contributed by atoms with Crippen LogP contribution in [0.15, 0.2) is 30.3 Å². The Bertz CT molecular complexity index is 904. The van der Waals surface area contributed by atoms with Gasteiger partial charge >= 0.3 is 0 Å². The zero-order valence-electron chi connectivity index (χ0n) is 10.8. The van der Waals surface area contributed by atoms with Gasteiger partial charge < -0.3 is 9.72 Å². The number of methoxy groups -OCH3 is 1. The number of fused-ring (bicyclic) bond motifs is 1. The molecule has 1 aromatic heterocycles. The van der Waals surface area contributed by atoms with Crippen LogP contribution in [0.2, 0.25) is 0 Å². The van der Waals surface area contributed by atoms with E-state index in [-0.39, 0.29) is 5.82 Å². The fourth-order valence-electron chi connectivity index (χ4n) is 2.18. The molecule has 0 aliphatic rings. The average Bonchev–Trinajstić information content (AvgIpc) is 2.75. The SMILES string of the molecule is COc1cc(F)ccc1-n1c(=S)[nH]c2cc(I)c(F)cc21. The Balaban J connectivity index is 2.38. The molecule has 0 spiro atoms. The van der Waals surface area contributed by atoms with E-state index >= 15 is 0 Å². The lowest BCUT2D eigenvalue weighted by Gasteiger charge is -2.10. The highest BCUT2D eigenvalue weighted by Gasteiger charge is 2.14. The van der Waals surface area contributed by atoms with E-state index in [1.165, 1.54) is 25.3 Å². The first-order valence-electron chi connectivity index (χ1n) is 5.95. The smallest absolute Gasteiger partial charge is 0.182 e. The molecule has 0 saturated carbocycles. The van der Waals surface area contributed by atoms with E-state index in [9.17, 15) is 8.78 Å². The third-order valence-corrected chi connectivity index (χ3v) is 4.22. The molecule has 21 heavy (non-hydrogen) atoms. The van der Waals surface area contributed by atoms with Crippen LogP contribution >= 0.6 is 34.8 Å². The molecule has 0 amide bonds. The first kappa shape index (κ1) is 14.5. The molecule has 2 aromatic carbocycles. The van der Waals surface area contributed by atoms with Gasteiger partial charge in [0.1, 0.15) is 17.4 Å². The van der Waals surface area contributed by atoms with Crippen molar-refractivity contribution in [2.24, 2.45) is 0 Å². The minimum atomic E-state index is -0.414. The molecule has 3 rings (SSSR count). The Labute approximate surface area is 137 Å². The Morgan fingerprint density at radius 2 is 2.00 bits per heavy atom. The number of aromatic nitrogens is 2. The van der Waals surface area contributed by atoms with E-state index in [1.807, 2.05) is 22.6 Å². The summed E-state index contributed by atoms with van der Waals surface area (Å²) in [5.74, 6) is -0.430. The second-order valence-corrected chi connectivity index (χ2v) is 5.91. The number of nitrogens with zero attached hydrogens (tertiary/aromatic N) is 1. The molecule has 0 saturated heterocycles. The number of halogens is 3. The maximum atomic E-state index is 13.8. The third-order valence-electron chi connectivity index (χ3n) is 3.11. The molecule has 0 radical (unpaired) electrons. The Morgan fingerprint density at radius 1 is 1.24 bits per heavy atom. The number of ether oxygens (including phenoxy) is 1. The van der Waals surface area contributed by atoms with Gasteiger partial charge in [0.15, 0.2) is 4.77 Å². The number of hydrogen-bond acceptors (Lipinski definition) is 2. The monoisotopic (exact) mass is 418 g/mol. The molecule has 0 unspecified atom stereocenters. The van der Waals surface area contributed by atoms with Crippen molar-refractivity contribution in [3.8, 4) is 11.4 Å². The molecule has 7 heteroatoms. The quantitative estimate of drug-likeness (QED) is 0.488. The van der Waals surface area contributed by atoms with Gasteiger partial charge in [-0.05, 0) is 53.0 Å². The maximum Gasteiger partial charge on any atom is 0.182 e. The van der Waals surface area contributed by atoms with Crippen LogP contribution in [0.3, 0.4) is 0 Å². The van der Waals surface area contributed by atoms with Crippen molar-refractivity contribution >= 4 is 45.8 Å². The lowest BCUT2D eigenvalue weighted by Crippen LogP contribution is -1.99. The number of hydrogen-bond donors (Lipinski definition) is 1. The molecule has 1 heterocycles. The van der Waals surface area contributed by atoms with Gasteiger partial charge in [-0.1, -0.05) is 0 Å². The number of benzene rings is 2. The molecule has 3 nitrogen and oxygen atoms in total. The predicted molar refractivity (Wildman–Crippen MR) is 87.6 cm³/mol. The molecule has 1 N–H and O–H groups in total. The van der Waals surface area contributed by atoms with Crippen LogP contribution in [0.25, 0.3) is 16.7 Å². The van der Waals surface area contributed by atoms with E-state index in [4.69, 9.17) is 17.0 Å². The lowest BCUT2D eigenvalue weighted by molar-refractivity contribution is 0.409. The van der Waals surface area contributed by atoms with Gasteiger partial charge in [-0.3, -0.25) is 4.57 Å². The van der Waals surface area contributed by atoms with Crippen LogP contribution in [0.4, 0.5) is 8.78 Å². The van der Waals surface area contributed by atoms with Gasteiger partial charge in [-0.15, -0.1) is 0 Å². The summed E-state index contributed by atoms with van der Waals surface area (Å²) in [6.45, 7) is 0. The molecule has 0 aliphatic carbocycles. The molecular formula is C14H9F2IN2OS. The van der Waals surface area contributed by atoms with Gasteiger partial charge in [0, 0.05) is 12.1 Å². The van der Waals surface area contributed by atoms with Crippen LogP contribution in [0.1, 0.15) is 0 Å². The van der Waals surface area contributed by atoms with Crippen molar-refractivity contribution < 1.29 is 13.5 Å². The number of imidazole rings is 1. The Morgan fingerprint density at radius 3 is 2.71 bits per heavy atom. The lowest BCUT2D eigenvalue weighted by atomic mass is 10.2.